The van der Waals surface area contributed by atoms with Gasteiger partial charge < -0.3 is 5.32 Å². The fraction of sp³-hybridized carbons (Fsp3) is 0.167. The number of anilines is 2. The maximum absolute atomic E-state index is 4.05. The normalized spacial score (nSPS) is 8.67. The van der Waals surface area contributed by atoms with E-state index in [1.807, 2.05) is 44.2 Å². The lowest BCUT2D eigenvalue weighted by molar-refractivity contribution is 1.17. The number of benzene rings is 1. The molecule has 0 aliphatic heterocycles. The van der Waals surface area contributed by atoms with Crippen LogP contribution in [-0.4, -0.2) is 9.97 Å². The van der Waals surface area contributed by atoms with Crippen LogP contribution in [0, 0.1) is 0 Å². The number of nitrogens with one attached hydrogen (secondary N) is 1. The molecule has 0 saturated carbocycles. The van der Waals surface area contributed by atoms with E-state index in [4.69, 9.17) is 0 Å². The van der Waals surface area contributed by atoms with Crippen LogP contribution < -0.4 is 5.32 Å². The molecule has 78 valence electrons. The molecule has 0 spiro atoms. The zero-order valence-electron chi connectivity index (χ0n) is 9.01. The van der Waals surface area contributed by atoms with Crippen LogP contribution in [0.2, 0.25) is 0 Å². The van der Waals surface area contributed by atoms with Crippen LogP contribution >= 0.6 is 0 Å². The first-order valence-electron chi connectivity index (χ1n) is 5.04. The van der Waals surface area contributed by atoms with Gasteiger partial charge in [0.1, 0.15) is 0 Å². The van der Waals surface area contributed by atoms with Gasteiger partial charge in [0.05, 0.1) is 0 Å². The van der Waals surface area contributed by atoms with Crippen molar-refractivity contribution in [2.45, 2.75) is 13.8 Å². The van der Waals surface area contributed by atoms with Gasteiger partial charge in [-0.25, -0.2) is 9.97 Å². The molecular formula is C12H15N3. The van der Waals surface area contributed by atoms with Gasteiger partial charge in [0.25, 0.3) is 0 Å². The molecule has 0 amide bonds. The number of hydrogen-bond donors (Lipinski definition) is 1. The average molecular weight is 201 g/mol. The molecule has 0 unspecified atom stereocenters. The first-order valence-corrected chi connectivity index (χ1v) is 5.04. The van der Waals surface area contributed by atoms with Crippen molar-refractivity contribution in [3.8, 4) is 0 Å². The predicted molar refractivity (Wildman–Crippen MR) is 63.1 cm³/mol. The Morgan fingerprint density at radius 2 is 1.47 bits per heavy atom. The second-order valence-electron chi connectivity index (χ2n) is 2.56. The van der Waals surface area contributed by atoms with E-state index < -0.39 is 0 Å². The topological polar surface area (TPSA) is 37.8 Å². The second-order valence-corrected chi connectivity index (χ2v) is 2.56. The summed E-state index contributed by atoms with van der Waals surface area (Å²) in [5.41, 5.74) is 0.994. The van der Waals surface area contributed by atoms with Crippen LogP contribution in [0.1, 0.15) is 13.8 Å². The van der Waals surface area contributed by atoms with Gasteiger partial charge in [-0.2, -0.15) is 0 Å². The minimum atomic E-state index is 0.619. The monoisotopic (exact) mass is 201 g/mol. The van der Waals surface area contributed by atoms with E-state index in [0.29, 0.717) is 5.95 Å². The van der Waals surface area contributed by atoms with Crippen molar-refractivity contribution in [1.82, 2.24) is 9.97 Å². The summed E-state index contributed by atoms with van der Waals surface area (Å²) < 4.78 is 0. The second kappa shape index (κ2) is 6.54. The maximum Gasteiger partial charge on any atom is 0.227 e. The summed E-state index contributed by atoms with van der Waals surface area (Å²) in [6.07, 6.45) is 3.41. The minimum Gasteiger partial charge on any atom is -0.324 e. The molecule has 15 heavy (non-hydrogen) atoms. The zero-order chi connectivity index (χ0) is 10.9. The number of nitrogens with zero attached hydrogens (tertiary/aromatic N) is 2. The molecule has 0 saturated heterocycles. The Bertz CT molecular complexity index is 322. The Labute approximate surface area is 90.2 Å². The molecular weight excluding hydrogens is 186 g/mol. The van der Waals surface area contributed by atoms with E-state index in [9.17, 15) is 0 Å². The summed E-state index contributed by atoms with van der Waals surface area (Å²) in [7, 11) is 0. The summed E-state index contributed by atoms with van der Waals surface area (Å²) >= 11 is 0. The van der Waals surface area contributed by atoms with E-state index >= 15 is 0 Å². The van der Waals surface area contributed by atoms with E-state index in [0.717, 1.165) is 5.69 Å². The number of hydrogen-bond acceptors (Lipinski definition) is 3. The van der Waals surface area contributed by atoms with E-state index in [1.165, 1.54) is 0 Å². The Hall–Kier alpha value is -1.90. The van der Waals surface area contributed by atoms with Crippen LogP contribution in [0.25, 0.3) is 0 Å². The molecule has 0 radical (unpaired) electrons. The Morgan fingerprint density at radius 3 is 2.07 bits per heavy atom. The standard InChI is InChI=1S/C10H9N3.C2H6/c1-2-5-9(6-3-1)13-10-11-7-4-8-12-10;1-2/h1-8H,(H,11,12,13);1-2H3. The Balaban J connectivity index is 0.000000531. The van der Waals surface area contributed by atoms with Crippen molar-refractivity contribution in [2.24, 2.45) is 0 Å². The van der Waals surface area contributed by atoms with Gasteiger partial charge >= 0.3 is 0 Å². The molecule has 1 aromatic carbocycles. The van der Waals surface area contributed by atoms with E-state index in [2.05, 4.69) is 15.3 Å². The van der Waals surface area contributed by atoms with Gasteiger partial charge in [0.15, 0.2) is 0 Å². The van der Waals surface area contributed by atoms with Gasteiger partial charge in [-0.3, -0.25) is 0 Å². The van der Waals surface area contributed by atoms with Crippen LogP contribution in [0.3, 0.4) is 0 Å². The van der Waals surface area contributed by atoms with Crippen molar-refractivity contribution in [2.75, 3.05) is 5.32 Å². The molecule has 1 aromatic heterocycles. The zero-order valence-corrected chi connectivity index (χ0v) is 9.01. The lowest BCUT2D eigenvalue weighted by atomic mass is 10.3. The number of aromatic nitrogens is 2. The maximum atomic E-state index is 4.05. The third-order valence-electron chi connectivity index (χ3n) is 1.60. The molecule has 2 aromatic rings. The molecule has 0 aliphatic rings. The molecule has 0 bridgehead atoms. The first kappa shape index (κ1) is 11.2. The minimum absolute atomic E-state index is 0.619. The smallest absolute Gasteiger partial charge is 0.227 e. The van der Waals surface area contributed by atoms with Crippen LogP contribution in [0.5, 0.6) is 0 Å². The molecule has 0 fully saturated rings. The van der Waals surface area contributed by atoms with Crippen molar-refractivity contribution in [3.05, 3.63) is 48.8 Å². The van der Waals surface area contributed by atoms with Crippen LogP contribution in [0.15, 0.2) is 48.8 Å². The number of rotatable bonds is 2. The van der Waals surface area contributed by atoms with Gasteiger partial charge in [-0.05, 0) is 18.2 Å². The largest absolute Gasteiger partial charge is 0.324 e. The third kappa shape index (κ3) is 3.77. The Kier molecular flexibility index (Phi) is 4.87. The molecule has 3 heteroatoms. The van der Waals surface area contributed by atoms with Crippen LogP contribution in [0.4, 0.5) is 11.6 Å². The summed E-state index contributed by atoms with van der Waals surface area (Å²) in [4.78, 5) is 8.10. The predicted octanol–water partition coefficient (Wildman–Crippen LogP) is 3.25. The molecule has 2 rings (SSSR count). The summed E-state index contributed by atoms with van der Waals surface area (Å²) in [6, 6.07) is 11.6. The SMILES string of the molecule is CC.c1ccc(Nc2ncccn2)cc1. The molecule has 0 aliphatic carbocycles. The highest BCUT2D eigenvalue weighted by Crippen LogP contribution is 2.09. The number of para-hydroxylation sites is 1. The van der Waals surface area contributed by atoms with E-state index in [-0.39, 0.29) is 0 Å². The fourth-order valence-corrected chi connectivity index (χ4v) is 1.01. The third-order valence-corrected chi connectivity index (χ3v) is 1.60. The summed E-state index contributed by atoms with van der Waals surface area (Å²) in [6.45, 7) is 4.00. The van der Waals surface area contributed by atoms with Gasteiger partial charge in [-0.15, -0.1) is 0 Å². The average Bonchev–Trinajstić information content (AvgIpc) is 2.34. The first-order chi connectivity index (χ1) is 7.45. The summed E-state index contributed by atoms with van der Waals surface area (Å²) in [5.74, 6) is 0.619. The highest BCUT2D eigenvalue weighted by Gasteiger charge is 1.92. The van der Waals surface area contributed by atoms with Gasteiger partial charge in [0, 0.05) is 18.1 Å². The van der Waals surface area contributed by atoms with Crippen LogP contribution in [-0.2, 0) is 0 Å². The molecule has 1 N–H and O–H groups in total. The van der Waals surface area contributed by atoms with Crippen molar-refractivity contribution in [3.63, 3.8) is 0 Å². The highest BCUT2D eigenvalue weighted by atomic mass is 15.1. The molecule has 0 atom stereocenters. The van der Waals surface area contributed by atoms with Crippen molar-refractivity contribution >= 4 is 11.6 Å². The fourth-order valence-electron chi connectivity index (χ4n) is 1.01. The Morgan fingerprint density at radius 1 is 0.867 bits per heavy atom. The van der Waals surface area contributed by atoms with E-state index in [1.54, 1.807) is 18.5 Å². The van der Waals surface area contributed by atoms with Crippen molar-refractivity contribution < 1.29 is 0 Å². The van der Waals surface area contributed by atoms with Gasteiger partial charge in [0.2, 0.25) is 5.95 Å². The quantitative estimate of drug-likeness (QED) is 0.810. The van der Waals surface area contributed by atoms with Gasteiger partial charge in [-0.1, -0.05) is 32.0 Å². The van der Waals surface area contributed by atoms with Crippen molar-refractivity contribution in [1.29, 1.82) is 0 Å². The lowest BCUT2D eigenvalue weighted by Crippen LogP contribution is -1.94. The molecule has 3 nitrogen and oxygen atoms in total. The summed E-state index contributed by atoms with van der Waals surface area (Å²) in [5, 5.41) is 3.08. The molecule has 1 heterocycles. The lowest BCUT2D eigenvalue weighted by Gasteiger charge is -2.02. The highest BCUT2D eigenvalue weighted by molar-refractivity contribution is 5.52.